The molecule has 2 N–H and O–H groups in total. The van der Waals surface area contributed by atoms with E-state index in [1.807, 2.05) is 66.7 Å². The van der Waals surface area contributed by atoms with Crippen molar-refractivity contribution in [1.82, 2.24) is 9.97 Å². The first kappa shape index (κ1) is 18.4. The molecule has 4 aromatic rings. The van der Waals surface area contributed by atoms with Gasteiger partial charge in [0.15, 0.2) is 0 Å². The van der Waals surface area contributed by atoms with E-state index in [-0.39, 0.29) is 5.91 Å². The molecular formula is C23H20N4O2. The fraction of sp³-hybridized carbons (Fsp3) is 0.0870. The molecule has 3 aromatic carbocycles. The van der Waals surface area contributed by atoms with Crippen LogP contribution < -0.4 is 15.4 Å². The predicted molar refractivity (Wildman–Crippen MR) is 115 cm³/mol. The highest BCUT2D eigenvalue weighted by Crippen LogP contribution is 2.22. The maximum absolute atomic E-state index is 12.8. The predicted octanol–water partition coefficient (Wildman–Crippen LogP) is 4.94. The van der Waals surface area contributed by atoms with E-state index in [4.69, 9.17) is 4.74 Å². The first-order valence-electron chi connectivity index (χ1n) is 9.18. The first-order chi connectivity index (χ1) is 14.1. The number of fused-ring (bicyclic) bond motifs is 1. The Morgan fingerprint density at radius 3 is 2.41 bits per heavy atom. The van der Waals surface area contributed by atoms with Crippen LogP contribution in [0.3, 0.4) is 0 Å². The third-order valence-electron chi connectivity index (χ3n) is 4.47. The number of nitrogens with one attached hydrogen (secondary N) is 2. The molecule has 6 nitrogen and oxygen atoms in total. The number of benzene rings is 3. The number of methoxy groups -OCH3 is 1. The minimum atomic E-state index is -0.140. The van der Waals surface area contributed by atoms with Gasteiger partial charge in [-0.15, -0.1) is 0 Å². The highest BCUT2D eigenvalue weighted by atomic mass is 16.5. The van der Waals surface area contributed by atoms with Crippen LogP contribution in [0, 0.1) is 6.92 Å². The number of carbonyl (C=O) groups is 1. The van der Waals surface area contributed by atoms with Crippen LogP contribution in [0.1, 0.15) is 16.2 Å². The summed E-state index contributed by atoms with van der Waals surface area (Å²) in [7, 11) is 1.57. The molecule has 0 aliphatic rings. The van der Waals surface area contributed by atoms with Crippen LogP contribution in [0.15, 0.2) is 72.8 Å². The van der Waals surface area contributed by atoms with E-state index in [0.29, 0.717) is 28.8 Å². The van der Waals surface area contributed by atoms with Crippen LogP contribution in [0.25, 0.3) is 10.8 Å². The summed E-state index contributed by atoms with van der Waals surface area (Å²) >= 11 is 0. The van der Waals surface area contributed by atoms with Crippen molar-refractivity contribution in [2.24, 2.45) is 0 Å². The van der Waals surface area contributed by atoms with Crippen molar-refractivity contribution in [2.45, 2.75) is 6.92 Å². The van der Waals surface area contributed by atoms with Crippen molar-refractivity contribution < 1.29 is 9.53 Å². The third-order valence-corrected chi connectivity index (χ3v) is 4.47. The lowest BCUT2D eigenvalue weighted by molar-refractivity contribution is 0.102. The van der Waals surface area contributed by atoms with Crippen molar-refractivity contribution in [3.8, 4) is 5.88 Å². The van der Waals surface area contributed by atoms with Gasteiger partial charge in [0.2, 0.25) is 5.88 Å². The van der Waals surface area contributed by atoms with E-state index in [0.717, 1.165) is 16.5 Å². The molecule has 6 heteroatoms. The lowest BCUT2D eigenvalue weighted by Gasteiger charge is -2.10. The zero-order chi connectivity index (χ0) is 20.2. The molecule has 0 aliphatic carbocycles. The second-order valence-corrected chi connectivity index (χ2v) is 6.53. The van der Waals surface area contributed by atoms with Gasteiger partial charge in [0, 0.05) is 23.0 Å². The van der Waals surface area contributed by atoms with Crippen LogP contribution in [0.2, 0.25) is 0 Å². The van der Waals surface area contributed by atoms with Crippen LogP contribution in [0.5, 0.6) is 5.88 Å². The topological polar surface area (TPSA) is 76.1 Å². The Morgan fingerprint density at radius 2 is 1.62 bits per heavy atom. The summed E-state index contributed by atoms with van der Waals surface area (Å²) in [4.78, 5) is 21.3. The van der Waals surface area contributed by atoms with Crippen molar-refractivity contribution in [1.29, 1.82) is 0 Å². The van der Waals surface area contributed by atoms with Crippen LogP contribution in [0.4, 0.5) is 17.2 Å². The third kappa shape index (κ3) is 4.16. The molecule has 1 amide bonds. The number of aryl methyl sites for hydroxylation is 1. The van der Waals surface area contributed by atoms with E-state index >= 15 is 0 Å². The van der Waals surface area contributed by atoms with Gasteiger partial charge in [-0.25, -0.2) is 4.98 Å². The van der Waals surface area contributed by atoms with E-state index in [1.54, 1.807) is 20.1 Å². The quantitative estimate of drug-likeness (QED) is 0.509. The van der Waals surface area contributed by atoms with Crippen LogP contribution >= 0.6 is 0 Å². The number of anilines is 3. The average Bonchev–Trinajstić information content (AvgIpc) is 2.74. The molecule has 0 fully saturated rings. The van der Waals surface area contributed by atoms with Gasteiger partial charge in [0.05, 0.1) is 7.11 Å². The van der Waals surface area contributed by atoms with Gasteiger partial charge in [0.1, 0.15) is 11.6 Å². The van der Waals surface area contributed by atoms with Gasteiger partial charge >= 0.3 is 0 Å². The second kappa shape index (κ2) is 7.98. The lowest BCUT2D eigenvalue weighted by atomic mass is 10.0. The van der Waals surface area contributed by atoms with E-state index in [1.165, 1.54) is 0 Å². The number of rotatable bonds is 5. The first-order valence-corrected chi connectivity index (χ1v) is 9.18. The summed E-state index contributed by atoms with van der Waals surface area (Å²) in [6.45, 7) is 1.81. The van der Waals surface area contributed by atoms with Gasteiger partial charge in [0.25, 0.3) is 5.91 Å². The zero-order valence-electron chi connectivity index (χ0n) is 16.1. The molecule has 0 unspecified atom stereocenters. The Labute approximate surface area is 168 Å². The molecule has 1 aromatic heterocycles. The fourth-order valence-electron chi connectivity index (χ4n) is 3.12. The van der Waals surface area contributed by atoms with Gasteiger partial charge in [-0.1, -0.05) is 36.4 Å². The number of hydrogen-bond donors (Lipinski definition) is 2. The number of carbonyl (C=O) groups excluding carboxylic acids is 1. The van der Waals surface area contributed by atoms with Gasteiger partial charge in [-0.05, 0) is 48.0 Å². The highest BCUT2D eigenvalue weighted by molar-refractivity contribution is 6.12. The summed E-state index contributed by atoms with van der Waals surface area (Å²) in [6, 6.07) is 22.7. The minimum Gasteiger partial charge on any atom is -0.481 e. The largest absolute Gasteiger partial charge is 0.481 e. The number of ether oxygens (including phenoxy) is 1. The Morgan fingerprint density at radius 1 is 0.897 bits per heavy atom. The Bertz CT molecular complexity index is 1170. The SMILES string of the molecule is COc1cc(Nc2ccc(NC(=O)c3cccc4ccccc34)cc2)nc(C)n1. The maximum atomic E-state index is 12.8. The number of nitrogens with zero attached hydrogens (tertiary/aromatic N) is 2. The summed E-state index contributed by atoms with van der Waals surface area (Å²) < 4.78 is 5.17. The lowest BCUT2D eigenvalue weighted by Crippen LogP contribution is -2.12. The van der Waals surface area contributed by atoms with Gasteiger partial charge in [-0.3, -0.25) is 4.79 Å². The fourth-order valence-corrected chi connectivity index (χ4v) is 3.12. The molecular weight excluding hydrogens is 364 g/mol. The van der Waals surface area contributed by atoms with Gasteiger partial charge < -0.3 is 15.4 Å². The van der Waals surface area contributed by atoms with Crippen LogP contribution in [-0.2, 0) is 0 Å². The highest BCUT2D eigenvalue weighted by Gasteiger charge is 2.10. The molecule has 0 aliphatic heterocycles. The molecule has 0 saturated carbocycles. The molecule has 1 heterocycles. The van der Waals surface area contributed by atoms with Gasteiger partial charge in [-0.2, -0.15) is 4.98 Å². The zero-order valence-corrected chi connectivity index (χ0v) is 16.1. The van der Waals surface area contributed by atoms with Crippen molar-refractivity contribution >= 4 is 33.9 Å². The molecule has 0 spiro atoms. The van der Waals surface area contributed by atoms with E-state index in [9.17, 15) is 4.79 Å². The van der Waals surface area contributed by atoms with Crippen molar-refractivity contribution in [3.05, 3.63) is 84.2 Å². The Balaban J connectivity index is 1.49. The summed E-state index contributed by atoms with van der Waals surface area (Å²) in [6.07, 6.45) is 0. The summed E-state index contributed by atoms with van der Waals surface area (Å²) in [5.41, 5.74) is 2.20. The van der Waals surface area contributed by atoms with E-state index in [2.05, 4.69) is 20.6 Å². The number of amides is 1. The Kier molecular flexibility index (Phi) is 5.07. The number of aromatic nitrogens is 2. The number of hydrogen-bond acceptors (Lipinski definition) is 5. The Hall–Kier alpha value is -3.93. The molecule has 0 bridgehead atoms. The van der Waals surface area contributed by atoms with Crippen molar-refractivity contribution in [2.75, 3.05) is 17.7 Å². The second-order valence-electron chi connectivity index (χ2n) is 6.53. The normalized spacial score (nSPS) is 10.6. The maximum Gasteiger partial charge on any atom is 0.256 e. The summed E-state index contributed by atoms with van der Waals surface area (Å²) in [5.74, 6) is 1.62. The molecule has 4 rings (SSSR count). The summed E-state index contributed by atoms with van der Waals surface area (Å²) in [5, 5.41) is 8.14. The smallest absolute Gasteiger partial charge is 0.256 e. The molecule has 0 radical (unpaired) electrons. The van der Waals surface area contributed by atoms with E-state index < -0.39 is 0 Å². The molecule has 144 valence electrons. The molecule has 0 atom stereocenters. The average molecular weight is 384 g/mol. The van der Waals surface area contributed by atoms with Crippen molar-refractivity contribution in [3.63, 3.8) is 0 Å². The van der Waals surface area contributed by atoms with Crippen LogP contribution in [-0.4, -0.2) is 23.0 Å². The molecule has 29 heavy (non-hydrogen) atoms. The minimum absolute atomic E-state index is 0.140. The molecule has 0 saturated heterocycles. The monoisotopic (exact) mass is 384 g/mol. The standard InChI is InChI=1S/C23H20N4O2/c1-15-24-21(14-22(25-15)29-2)26-17-10-12-18(13-11-17)27-23(28)20-9-5-7-16-6-3-4-8-19(16)20/h3-14H,1-2H3,(H,27,28)(H,24,25,26).